The van der Waals surface area contributed by atoms with Gasteiger partial charge >= 0.3 is 6.18 Å². The quantitative estimate of drug-likeness (QED) is 0.422. The number of nitrogens with zero attached hydrogens (tertiary/aromatic N) is 2. The number of aromatic nitrogens is 2. The molecule has 0 atom stereocenters. The van der Waals surface area contributed by atoms with E-state index in [1.807, 2.05) is 0 Å². The molecule has 0 amide bonds. The van der Waals surface area contributed by atoms with Crippen molar-refractivity contribution in [2.75, 3.05) is 5.43 Å². The number of hydrogen-bond acceptors (Lipinski definition) is 4. The Balaban J connectivity index is 2.33. The molecule has 0 saturated carbocycles. The fourth-order valence-corrected chi connectivity index (χ4v) is 2.39. The van der Waals surface area contributed by atoms with Crippen LogP contribution in [-0.4, -0.2) is 9.97 Å². The van der Waals surface area contributed by atoms with E-state index in [2.05, 4.69) is 15.4 Å². The molecule has 128 valence electrons. The zero-order chi connectivity index (χ0) is 18.0. The van der Waals surface area contributed by atoms with Crippen LogP contribution in [0.25, 0.3) is 22.4 Å². The zero-order valence-electron chi connectivity index (χ0n) is 12.7. The number of alkyl halides is 3. The van der Waals surface area contributed by atoms with E-state index < -0.39 is 17.8 Å². The van der Waals surface area contributed by atoms with Crippen LogP contribution in [0.3, 0.4) is 0 Å². The monoisotopic (exact) mass is 348 g/mol. The van der Waals surface area contributed by atoms with Gasteiger partial charge in [-0.2, -0.15) is 13.2 Å². The fourth-order valence-electron chi connectivity index (χ4n) is 2.39. The van der Waals surface area contributed by atoms with Gasteiger partial charge in [-0.1, -0.05) is 30.3 Å². The lowest BCUT2D eigenvalue weighted by atomic mass is 9.99. The molecule has 3 rings (SSSR count). The van der Waals surface area contributed by atoms with Gasteiger partial charge in [-0.05, 0) is 29.8 Å². The summed E-state index contributed by atoms with van der Waals surface area (Å²) in [6.45, 7) is 0. The van der Waals surface area contributed by atoms with Crippen LogP contribution in [0.4, 0.5) is 23.4 Å². The van der Waals surface area contributed by atoms with Gasteiger partial charge in [-0.25, -0.2) is 20.2 Å². The van der Waals surface area contributed by atoms with E-state index in [1.54, 1.807) is 30.3 Å². The summed E-state index contributed by atoms with van der Waals surface area (Å²) >= 11 is 0. The van der Waals surface area contributed by atoms with Gasteiger partial charge in [0.25, 0.3) is 0 Å². The van der Waals surface area contributed by atoms with Gasteiger partial charge < -0.3 is 5.43 Å². The Morgan fingerprint density at radius 2 is 1.48 bits per heavy atom. The lowest BCUT2D eigenvalue weighted by Gasteiger charge is -2.16. The van der Waals surface area contributed by atoms with E-state index in [-0.39, 0.29) is 11.5 Å². The van der Waals surface area contributed by atoms with Crippen molar-refractivity contribution >= 4 is 5.82 Å². The summed E-state index contributed by atoms with van der Waals surface area (Å²) < 4.78 is 52.6. The summed E-state index contributed by atoms with van der Waals surface area (Å²) in [6, 6.07) is 13.6. The van der Waals surface area contributed by atoms with Crippen LogP contribution in [0.15, 0.2) is 54.6 Å². The van der Waals surface area contributed by atoms with Crippen LogP contribution in [0.1, 0.15) is 5.82 Å². The first-order valence-corrected chi connectivity index (χ1v) is 7.17. The average molecular weight is 348 g/mol. The number of rotatable bonds is 3. The molecule has 0 aliphatic carbocycles. The normalized spacial score (nSPS) is 11.4. The lowest BCUT2D eigenvalue weighted by molar-refractivity contribution is -0.144. The van der Waals surface area contributed by atoms with Gasteiger partial charge in [0.1, 0.15) is 5.82 Å². The molecular formula is C17H12F4N4. The molecule has 25 heavy (non-hydrogen) atoms. The number of nitrogen functional groups attached to an aromatic ring is 1. The van der Waals surface area contributed by atoms with E-state index in [9.17, 15) is 17.6 Å². The number of hydrazine groups is 1. The van der Waals surface area contributed by atoms with E-state index >= 15 is 0 Å². The highest BCUT2D eigenvalue weighted by atomic mass is 19.4. The van der Waals surface area contributed by atoms with Gasteiger partial charge in [-0.3, -0.25) is 0 Å². The molecule has 8 heteroatoms. The first kappa shape index (κ1) is 16.8. The van der Waals surface area contributed by atoms with Crippen LogP contribution in [0.5, 0.6) is 0 Å². The van der Waals surface area contributed by atoms with E-state index in [4.69, 9.17) is 5.84 Å². The molecule has 3 aromatic rings. The number of nitrogens with one attached hydrogen (secondary N) is 1. The summed E-state index contributed by atoms with van der Waals surface area (Å²) in [7, 11) is 0. The first-order valence-electron chi connectivity index (χ1n) is 7.17. The highest BCUT2D eigenvalue weighted by Crippen LogP contribution is 2.38. The van der Waals surface area contributed by atoms with E-state index in [1.165, 1.54) is 12.1 Å². The maximum absolute atomic E-state index is 13.2. The highest BCUT2D eigenvalue weighted by Gasteiger charge is 2.36. The molecule has 0 bridgehead atoms. The van der Waals surface area contributed by atoms with Crippen LogP contribution in [0.2, 0.25) is 0 Å². The minimum atomic E-state index is -4.75. The molecule has 0 fully saturated rings. The molecule has 4 nitrogen and oxygen atoms in total. The third-order valence-electron chi connectivity index (χ3n) is 3.48. The first-order chi connectivity index (χ1) is 11.9. The van der Waals surface area contributed by atoms with Crippen molar-refractivity contribution in [3.63, 3.8) is 0 Å². The molecule has 1 heterocycles. The molecule has 0 aliphatic heterocycles. The lowest BCUT2D eigenvalue weighted by Crippen LogP contribution is -2.17. The smallest absolute Gasteiger partial charge is 0.308 e. The second-order valence-electron chi connectivity index (χ2n) is 5.13. The maximum Gasteiger partial charge on any atom is 0.451 e. The molecule has 3 N–H and O–H groups in total. The number of nitrogens with two attached hydrogens (primary N) is 1. The third-order valence-corrected chi connectivity index (χ3v) is 3.48. The molecule has 2 aromatic carbocycles. The standard InChI is InChI=1S/C17H12F4N4/c18-12-8-6-11(7-9-12)14-13(10-4-2-1-3-5-10)15(25-22)24-16(23-14)17(19,20)21/h1-9H,22H2,(H,23,24,25). The van der Waals surface area contributed by atoms with Crippen LogP contribution in [-0.2, 0) is 6.18 Å². The molecule has 0 unspecified atom stereocenters. The van der Waals surface area contributed by atoms with Crippen molar-refractivity contribution < 1.29 is 17.6 Å². The Hall–Kier alpha value is -3.00. The zero-order valence-corrected chi connectivity index (χ0v) is 12.7. The Bertz CT molecular complexity index is 878. The van der Waals surface area contributed by atoms with Crippen molar-refractivity contribution in [1.29, 1.82) is 0 Å². The summed E-state index contributed by atoms with van der Waals surface area (Å²) in [5.41, 5.74) is 3.38. The van der Waals surface area contributed by atoms with Crippen molar-refractivity contribution in [3.05, 3.63) is 66.2 Å². The fraction of sp³-hybridized carbons (Fsp3) is 0.0588. The summed E-state index contributed by atoms with van der Waals surface area (Å²) in [5.74, 6) is 3.39. The number of anilines is 1. The van der Waals surface area contributed by atoms with Crippen molar-refractivity contribution in [2.45, 2.75) is 6.18 Å². The average Bonchev–Trinajstić information content (AvgIpc) is 2.61. The summed E-state index contributed by atoms with van der Waals surface area (Å²) in [6.07, 6.45) is -4.75. The SMILES string of the molecule is NNc1nc(C(F)(F)F)nc(-c2ccc(F)cc2)c1-c1ccccc1. The second kappa shape index (κ2) is 6.48. The minimum Gasteiger partial charge on any atom is -0.308 e. The Labute approximate surface area is 140 Å². The number of hydrogen-bond donors (Lipinski definition) is 2. The predicted octanol–water partition coefficient (Wildman–Crippen LogP) is 4.25. The molecule has 1 aromatic heterocycles. The Morgan fingerprint density at radius 1 is 0.840 bits per heavy atom. The molecule has 0 saturated heterocycles. The largest absolute Gasteiger partial charge is 0.451 e. The molecule has 0 spiro atoms. The van der Waals surface area contributed by atoms with E-state index in [0.717, 1.165) is 12.1 Å². The molecule has 0 aliphatic rings. The van der Waals surface area contributed by atoms with Crippen molar-refractivity contribution in [2.24, 2.45) is 5.84 Å². The topological polar surface area (TPSA) is 63.8 Å². The minimum absolute atomic E-state index is 0.00137. The van der Waals surface area contributed by atoms with Gasteiger partial charge in [0.05, 0.1) is 11.3 Å². The Kier molecular flexibility index (Phi) is 4.37. The predicted molar refractivity (Wildman–Crippen MR) is 85.7 cm³/mol. The van der Waals surface area contributed by atoms with E-state index in [0.29, 0.717) is 16.7 Å². The van der Waals surface area contributed by atoms with Crippen molar-refractivity contribution in [1.82, 2.24) is 9.97 Å². The van der Waals surface area contributed by atoms with Crippen molar-refractivity contribution in [3.8, 4) is 22.4 Å². The van der Waals surface area contributed by atoms with Gasteiger partial charge in [0, 0.05) is 5.56 Å². The second-order valence-corrected chi connectivity index (χ2v) is 5.13. The van der Waals surface area contributed by atoms with Crippen LogP contribution >= 0.6 is 0 Å². The van der Waals surface area contributed by atoms with Crippen LogP contribution in [0, 0.1) is 5.82 Å². The summed E-state index contributed by atoms with van der Waals surface area (Å²) in [4.78, 5) is 7.17. The van der Waals surface area contributed by atoms with Gasteiger partial charge in [0.2, 0.25) is 5.82 Å². The Morgan fingerprint density at radius 3 is 2.04 bits per heavy atom. The number of halogens is 4. The van der Waals surface area contributed by atoms with Crippen LogP contribution < -0.4 is 11.3 Å². The third kappa shape index (κ3) is 3.43. The summed E-state index contributed by atoms with van der Waals surface area (Å²) in [5, 5.41) is 0. The maximum atomic E-state index is 13.2. The molecule has 0 radical (unpaired) electrons. The number of benzene rings is 2. The van der Waals surface area contributed by atoms with Gasteiger partial charge in [0.15, 0.2) is 5.82 Å². The highest BCUT2D eigenvalue weighted by molar-refractivity contribution is 5.88. The molecular weight excluding hydrogens is 336 g/mol. The van der Waals surface area contributed by atoms with Gasteiger partial charge in [-0.15, -0.1) is 0 Å².